The van der Waals surface area contributed by atoms with Gasteiger partial charge >= 0.3 is 7.12 Å². The molecule has 142 valence electrons. The van der Waals surface area contributed by atoms with Crippen LogP contribution in [0, 0.1) is 5.92 Å². The van der Waals surface area contributed by atoms with Crippen molar-refractivity contribution in [3.8, 4) is 0 Å². The first-order valence-corrected chi connectivity index (χ1v) is 10.00. The van der Waals surface area contributed by atoms with E-state index >= 15 is 0 Å². The van der Waals surface area contributed by atoms with Crippen LogP contribution in [0.4, 0.5) is 0 Å². The molecule has 1 aliphatic heterocycles. The highest BCUT2D eigenvalue weighted by Gasteiger charge is 2.52. The number of hydrogen-bond acceptors (Lipinski definition) is 2. The molecule has 0 bridgehead atoms. The molecule has 0 radical (unpaired) electrons. The Morgan fingerprint density at radius 2 is 1.73 bits per heavy atom. The van der Waals surface area contributed by atoms with Crippen molar-refractivity contribution in [2.75, 3.05) is 0 Å². The summed E-state index contributed by atoms with van der Waals surface area (Å²) < 4.78 is 12.7. The van der Waals surface area contributed by atoms with E-state index in [1.165, 1.54) is 11.0 Å². The first kappa shape index (κ1) is 21.0. The van der Waals surface area contributed by atoms with Crippen LogP contribution < -0.4 is 0 Å². The lowest BCUT2D eigenvalue weighted by Crippen LogP contribution is -2.41. The number of allylic oxidation sites excluding steroid dienone is 3. The molecule has 1 aliphatic rings. The Hall–Kier alpha value is -1.32. The molecule has 1 unspecified atom stereocenters. The molecular formula is C23H35BO2. The van der Waals surface area contributed by atoms with Crippen LogP contribution >= 0.6 is 0 Å². The lowest BCUT2D eigenvalue weighted by atomic mass is 9.72. The highest BCUT2D eigenvalue weighted by molar-refractivity contribution is 6.54. The van der Waals surface area contributed by atoms with Crippen molar-refractivity contribution in [3.05, 3.63) is 60.1 Å². The third-order valence-corrected chi connectivity index (χ3v) is 5.73. The quantitative estimate of drug-likeness (QED) is 0.390. The van der Waals surface area contributed by atoms with Crippen molar-refractivity contribution in [2.45, 2.75) is 77.9 Å². The Labute approximate surface area is 160 Å². The van der Waals surface area contributed by atoms with Gasteiger partial charge in [-0.1, -0.05) is 55.8 Å². The Balaban J connectivity index is 2.13. The minimum absolute atomic E-state index is 0.255. The third kappa shape index (κ3) is 5.34. The maximum Gasteiger partial charge on any atom is 0.490 e. The van der Waals surface area contributed by atoms with Crippen LogP contribution in [-0.4, -0.2) is 18.3 Å². The van der Waals surface area contributed by atoms with E-state index in [4.69, 9.17) is 9.31 Å². The second-order valence-electron chi connectivity index (χ2n) is 8.38. The monoisotopic (exact) mass is 354 g/mol. The molecular weight excluding hydrogens is 319 g/mol. The normalized spacial score (nSPS) is 20.2. The van der Waals surface area contributed by atoms with Crippen molar-refractivity contribution >= 4 is 7.12 Å². The van der Waals surface area contributed by atoms with Crippen LogP contribution in [0.3, 0.4) is 0 Å². The van der Waals surface area contributed by atoms with Crippen molar-refractivity contribution in [1.29, 1.82) is 0 Å². The van der Waals surface area contributed by atoms with Gasteiger partial charge in [0.1, 0.15) is 0 Å². The SMILES string of the molecule is C=CC(CCC)C/C(=C\CCc1ccccc1)B1OC(C)(C)C(C)(C)O1. The number of hydrogen-bond donors (Lipinski definition) is 0. The Bertz CT molecular complexity index is 588. The maximum atomic E-state index is 6.33. The van der Waals surface area contributed by atoms with Gasteiger partial charge in [-0.05, 0) is 70.3 Å². The fourth-order valence-electron chi connectivity index (χ4n) is 3.32. The summed E-state index contributed by atoms with van der Waals surface area (Å²) >= 11 is 0. The lowest BCUT2D eigenvalue weighted by Gasteiger charge is -2.32. The number of aryl methyl sites for hydroxylation is 1. The van der Waals surface area contributed by atoms with Crippen LogP contribution in [0.15, 0.2) is 54.5 Å². The molecule has 0 N–H and O–H groups in total. The Morgan fingerprint density at radius 1 is 1.12 bits per heavy atom. The molecule has 26 heavy (non-hydrogen) atoms. The van der Waals surface area contributed by atoms with E-state index < -0.39 is 0 Å². The zero-order chi connectivity index (χ0) is 19.2. The second kappa shape index (κ2) is 9.06. The van der Waals surface area contributed by atoms with Gasteiger partial charge in [0.25, 0.3) is 0 Å². The first-order valence-electron chi connectivity index (χ1n) is 10.00. The number of benzene rings is 1. The largest absolute Gasteiger partial charge is 0.490 e. The molecule has 1 saturated heterocycles. The molecule has 3 heteroatoms. The molecule has 0 aromatic heterocycles. The summed E-state index contributed by atoms with van der Waals surface area (Å²) in [5, 5.41) is 0. The molecule has 0 aliphatic carbocycles. The fraction of sp³-hybridized carbons (Fsp3) is 0.565. The zero-order valence-electron chi connectivity index (χ0n) is 17.3. The summed E-state index contributed by atoms with van der Waals surface area (Å²) in [6.07, 6.45) is 9.73. The summed E-state index contributed by atoms with van der Waals surface area (Å²) in [6.45, 7) is 14.7. The smallest absolute Gasteiger partial charge is 0.400 e. The molecule has 2 nitrogen and oxygen atoms in total. The highest BCUT2D eigenvalue weighted by atomic mass is 16.7. The van der Waals surface area contributed by atoms with Gasteiger partial charge in [-0.15, -0.1) is 6.58 Å². The Kier molecular flexibility index (Phi) is 7.31. The van der Waals surface area contributed by atoms with Gasteiger partial charge in [0.15, 0.2) is 0 Å². The van der Waals surface area contributed by atoms with E-state index in [2.05, 4.69) is 83.7 Å². The average molecular weight is 354 g/mol. The molecule has 1 aromatic rings. The predicted molar refractivity (Wildman–Crippen MR) is 112 cm³/mol. The fourth-order valence-corrected chi connectivity index (χ4v) is 3.32. The van der Waals surface area contributed by atoms with Crippen molar-refractivity contribution in [2.24, 2.45) is 5.92 Å². The maximum absolute atomic E-state index is 6.33. The van der Waals surface area contributed by atoms with Crippen LogP contribution in [0.25, 0.3) is 0 Å². The van der Waals surface area contributed by atoms with Gasteiger partial charge in [-0.3, -0.25) is 0 Å². The van der Waals surface area contributed by atoms with E-state index in [0.717, 1.165) is 32.1 Å². The Morgan fingerprint density at radius 3 is 2.27 bits per heavy atom. The molecule has 2 rings (SSSR count). The van der Waals surface area contributed by atoms with Gasteiger partial charge in [0.05, 0.1) is 11.2 Å². The molecule has 0 saturated carbocycles. The first-order chi connectivity index (χ1) is 12.3. The predicted octanol–water partition coefficient (Wildman–Crippen LogP) is 6.17. The van der Waals surface area contributed by atoms with Gasteiger partial charge < -0.3 is 9.31 Å². The summed E-state index contributed by atoms with van der Waals surface area (Å²) in [7, 11) is -0.255. The van der Waals surface area contributed by atoms with E-state index in [-0.39, 0.29) is 18.3 Å². The molecule has 1 aromatic carbocycles. The third-order valence-electron chi connectivity index (χ3n) is 5.73. The standard InChI is InChI=1S/C23H35BO2/c1-7-13-19(8-2)18-21(17-12-16-20-14-10-9-11-15-20)24-25-22(3,4)23(5,6)26-24/h8-11,14-15,17,19H,2,7,12-13,16,18H2,1,3-6H3/b21-17+. The van der Waals surface area contributed by atoms with Crippen molar-refractivity contribution < 1.29 is 9.31 Å². The van der Waals surface area contributed by atoms with Gasteiger partial charge in [-0.25, -0.2) is 0 Å². The van der Waals surface area contributed by atoms with Crippen molar-refractivity contribution in [3.63, 3.8) is 0 Å². The van der Waals surface area contributed by atoms with E-state index in [1.807, 2.05) is 0 Å². The van der Waals surface area contributed by atoms with Gasteiger partial charge in [-0.2, -0.15) is 0 Å². The average Bonchev–Trinajstić information content (AvgIpc) is 2.81. The summed E-state index contributed by atoms with van der Waals surface area (Å²) in [5.74, 6) is 0.474. The van der Waals surface area contributed by atoms with Crippen LogP contribution in [0.1, 0.15) is 65.9 Å². The van der Waals surface area contributed by atoms with Crippen LogP contribution in [0.2, 0.25) is 0 Å². The summed E-state index contributed by atoms with van der Waals surface area (Å²) in [5.41, 5.74) is 2.03. The molecule has 1 heterocycles. The van der Waals surface area contributed by atoms with E-state index in [1.54, 1.807) is 0 Å². The van der Waals surface area contributed by atoms with Crippen LogP contribution in [-0.2, 0) is 15.7 Å². The summed E-state index contributed by atoms with van der Waals surface area (Å²) in [6, 6.07) is 10.6. The van der Waals surface area contributed by atoms with E-state index in [0.29, 0.717) is 5.92 Å². The topological polar surface area (TPSA) is 18.5 Å². The summed E-state index contributed by atoms with van der Waals surface area (Å²) in [4.78, 5) is 0. The van der Waals surface area contributed by atoms with Gasteiger partial charge in [0, 0.05) is 0 Å². The zero-order valence-corrected chi connectivity index (χ0v) is 17.3. The molecule has 1 atom stereocenters. The minimum Gasteiger partial charge on any atom is -0.400 e. The van der Waals surface area contributed by atoms with Gasteiger partial charge in [0.2, 0.25) is 0 Å². The highest BCUT2D eigenvalue weighted by Crippen LogP contribution is 2.40. The second-order valence-corrected chi connectivity index (χ2v) is 8.38. The molecule has 1 fully saturated rings. The van der Waals surface area contributed by atoms with Crippen molar-refractivity contribution in [1.82, 2.24) is 0 Å². The molecule has 0 amide bonds. The van der Waals surface area contributed by atoms with Crippen LogP contribution in [0.5, 0.6) is 0 Å². The minimum atomic E-state index is -0.301. The molecule has 0 spiro atoms. The van der Waals surface area contributed by atoms with E-state index in [9.17, 15) is 0 Å². The number of rotatable bonds is 9. The lowest BCUT2D eigenvalue weighted by molar-refractivity contribution is 0.00578.